The maximum atomic E-state index is 12.6. The fraction of sp³-hybridized carbons (Fsp3) is 0.893. The summed E-state index contributed by atoms with van der Waals surface area (Å²) in [7, 11) is 1.68. The number of methoxy groups -OCH3 is 1. The van der Waals surface area contributed by atoms with Crippen LogP contribution in [0.3, 0.4) is 0 Å². The Morgan fingerprint density at radius 3 is 2.42 bits per heavy atom. The molecule has 1 aliphatic carbocycles. The van der Waals surface area contributed by atoms with Crippen LogP contribution in [-0.4, -0.2) is 80.3 Å². The topological polar surface area (TPSA) is 91.1 Å². The molecule has 36 heavy (non-hydrogen) atoms. The number of ether oxygens (including phenoxy) is 6. The predicted octanol–water partition coefficient (Wildman–Crippen LogP) is 4.79. The van der Waals surface area contributed by atoms with E-state index < -0.39 is 6.09 Å². The summed E-state index contributed by atoms with van der Waals surface area (Å²) in [4.78, 5) is 12.6. The van der Waals surface area contributed by atoms with Crippen molar-refractivity contribution in [3.63, 3.8) is 0 Å². The number of hydrogen-bond acceptors (Lipinski definition) is 7. The molecule has 1 amide bonds. The van der Waals surface area contributed by atoms with E-state index in [1.54, 1.807) is 7.11 Å². The highest BCUT2D eigenvalue weighted by molar-refractivity contribution is 5.67. The molecular formula is C28H49NO7. The molecule has 0 bridgehead atoms. The van der Waals surface area contributed by atoms with Crippen LogP contribution in [0.1, 0.15) is 81.1 Å². The number of hydrogen-bond donors (Lipinski definition) is 1. The number of amides is 1. The molecule has 0 aromatic carbocycles. The zero-order valence-electron chi connectivity index (χ0n) is 23.9. The molecule has 208 valence electrons. The van der Waals surface area contributed by atoms with Gasteiger partial charge in [-0.2, -0.15) is 0 Å². The minimum atomic E-state index is -0.450. The number of alkyl carbamates (subject to hydrolysis) is 1. The Bertz CT molecular complexity index is 781. The summed E-state index contributed by atoms with van der Waals surface area (Å²) >= 11 is 0. The Morgan fingerprint density at radius 1 is 1.14 bits per heavy atom. The van der Waals surface area contributed by atoms with Gasteiger partial charge in [0.1, 0.15) is 23.4 Å². The van der Waals surface area contributed by atoms with Gasteiger partial charge in [0.05, 0.1) is 36.4 Å². The Morgan fingerprint density at radius 2 is 1.83 bits per heavy atom. The summed E-state index contributed by atoms with van der Waals surface area (Å²) in [5.74, 6) is 0.0107. The van der Waals surface area contributed by atoms with Crippen molar-refractivity contribution in [1.82, 2.24) is 5.32 Å². The molecule has 1 unspecified atom stereocenters. The first-order chi connectivity index (χ1) is 16.7. The zero-order chi connectivity index (χ0) is 26.8. The lowest BCUT2D eigenvalue weighted by Gasteiger charge is -2.42. The summed E-state index contributed by atoms with van der Waals surface area (Å²) in [6, 6.07) is 0. The second kappa shape index (κ2) is 11.3. The number of carbonyl (C=O) groups is 1. The highest BCUT2D eigenvalue weighted by atomic mass is 16.6. The van der Waals surface area contributed by atoms with Crippen molar-refractivity contribution in [3.05, 3.63) is 11.6 Å². The number of allylic oxidation sites excluding steroid dienone is 1. The van der Waals surface area contributed by atoms with Crippen LogP contribution in [0.2, 0.25) is 0 Å². The van der Waals surface area contributed by atoms with Gasteiger partial charge >= 0.3 is 6.09 Å². The van der Waals surface area contributed by atoms with Gasteiger partial charge in [0.25, 0.3) is 0 Å². The van der Waals surface area contributed by atoms with Gasteiger partial charge in [-0.25, -0.2) is 4.79 Å². The van der Waals surface area contributed by atoms with Crippen molar-refractivity contribution >= 4 is 6.09 Å². The van der Waals surface area contributed by atoms with Crippen LogP contribution in [0.15, 0.2) is 11.6 Å². The van der Waals surface area contributed by atoms with E-state index in [1.807, 2.05) is 34.6 Å². The monoisotopic (exact) mass is 511 g/mol. The largest absolute Gasteiger partial charge is 0.443 e. The molecular weight excluding hydrogens is 462 g/mol. The van der Waals surface area contributed by atoms with Crippen LogP contribution in [-0.2, 0) is 28.4 Å². The minimum absolute atomic E-state index is 0.0107. The van der Waals surface area contributed by atoms with Gasteiger partial charge in [0, 0.05) is 20.3 Å². The normalized spacial score (nSPS) is 33.8. The Kier molecular flexibility index (Phi) is 9.20. The summed E-state index contributed by atoms with van der Waals surface area (Å²) in [5, 5.41) is 2.83. The summed E-state index contributed by atoms with van der Waals surface area (Å²) in [6.45, 7) is 18.6. The summed E-state index contributed by atoms with van der Waals surface area (Å²) in [6.07, 6.45) is 4.42. The molecule has 1 N–H and O–H groups in total. The smallest absolute Gasteiger partial charge is 0.407 e. The van der Waals surface area contributed by atoms with E-state index in [0.717, 1.165) is 19.3 Å². The second-order valence-electron chi connectivity index (χ2n) is 12.6. The van der Waals surface area contributed by atoms with Gasteiger partial charge in [0.15, 0.2) is 0 Å². The Labute approximate surface area is 217 Å². The van der Waals surface area contributed by atoms with Crippen LogP contribution >= 0.6 is 0 Å². The van der Waals surface area contributed by atoms with Crippen LogP contribution in [0.5, 0.6) is 0 Å². The Balaban J connectivity index is 1.47. The molecule has 1 spiro atoms. The summed E-state index contributed by atoms with van der Waals surface area (Å²) in [5.41, 5.74) is 0.190. The van der Waals surface area contributed by atoms with E-state index >= 15 is 0 Å². The third-order valence-electron chi connectivity index (χ3n) is 7.60. The van der Waals surface area contributed by atoms with Crippen LogP contribution < -0.4 is 5.32 Å². The average Bonchev–Trinajstić information content (AvgIpc) is 3.67. The van der Waals surface area contributed by atoms with Crippen molar-refractivity contribution in [2.24, 2.45) is 5.92 Å². The van der Waals surface area contributed by atoms with Crippen molar-refractivity contribution in [1.29, 1.82) is 0 Å². The lowest BCUT2D eigenvalue weighted by Crippen LogP contribution is -2.56. The first-order valence-electron chi connectivity index (χ1n) is 13.4. The first-order valence-corrected chi connectivity index (χ1v) is 13.4. The highest BCUT2D eigenvalue weighted by Gasteiger charge is 2.72. The first kappa shape index (κ1) is 29.4. The van der Waals surface area contributed by atoms with Gasteiger partial charge in [-0.15, -0.1) is 0 Å². The number of rotatable bonds is 12. The number of carbonyl (C=O) groups excluding carboxylic acids is 1. The predicted molar refractivity (Wildman–Crippen MR) is 138 cm³/mol. The maximum Gasteiger partial charge on any atom is 0.407 e. The van der Waals surface area contributed by atoms with Crippen LogP contribution in [0.25, 0.3) is 0 Å². The minimum Gasteiger partial charge on any atom is -0.443 e. The number of epoxide rings is 2. The van der Waals surface area contributed by atoms with Crippen molar-refractivity contribution in [2.75, 3.05) is 33.5 Å². The van der Waals surface area contributed by atoms with Crippen molar-refractivity contribution in [3.8, 4) is 0 Å². The molecule has 8 heteroatoms. The van der Waals surface area contributed by atoms with Crippen LogP contribution in [0.4, 0.5) is 4.79 Å². The van der Waals surface area contributed by atoms with E-state index in [4.69, 9.17) is 28.4 Å². The van der Waals surface area contributed by atoms with Crippen molar-refractivity contribution in [2.45, 2.75) is 122 Å². The van der Waals surface area contributed by atoms with Crippen molar-refractivity contribution < 1.29 is 33.2 Å². The van der Waals surface area contributed by atoms with E-state index in [2.05, 4.69) is 32.2 Å². The quantitative estimate of drug-likeness (QED) is 0.229. The molecule has 2 heterocycles. The number of nitrogens with one attached hydrogen (secondary N) is 1. The van der Waals surface area contributed by atoms with Gasteiger partial charge in [-0.05, 0) is 81.1 Å². The fourth-order valence-electron chi connectivity index (χ4n) is 5.40. The van der Waals surface area contributed by atoms with Gasteiger partial charge in [-0.3, -0.25) is 0 Å². The van der Waals surface area contributed by atoms with E-state index in [0.29, 0.717) is 32.8 Å². The molecule has 6 atom stereocenters. The molecule has 3 aliphatic rings. The van der Waals surface area contributed by atoms with Crippen LogP contribution in [0, 0.1) is 5.92 Å². The third kappa shape index (κ3) is 7.67. The maximum absolute atomic E-state index is 12.6. The van der Waals surface area contributed by atoms with Gasteiger partial charge < -0.3 is 33.7 Å². The molecule has 0 radical (unpaired) electrons. The standard InChI is InChI=1S/C28H49NO7/c1-19(2)10-11-21-27(8,36-21)23-22(31-9)20(12-13-28(23)18-34-28)35-24(30)29-15-17-33-26(6,7)14-16-32-25(3,4)5/h10,20-23H,11-18H2,1-9H3,(H,29,30)/t20-,21-,22-,23-,27+,28?/m1/s1. The van der Waals surface area contributed by atoms with E-state index in [-0.39, 0.29) is 46.6 Å². The Hall–Kier alpha value is -1.19. The lowest BCUT2D eigenvalue weighted by molar-refractivity contribution is -0.118. The fourth-order valence-corrected chi connectivity index (χ4v) is 5.40. The highest BCUT2D eigenvalue weighted by Crippen LogP contribution is 2.59. The molecule has 2 aliphatic heterocycles. The molecule has 0 aromatic heterocycles. The van der Waals surface area contributed by atoms with E-state index in [1.165, 1.54) is 5.57 Å². The third-order valence-corrected chi connectivity index (χ3v) is 7.60. The molecule has 2 saturated heterocycles. The molecule has 0 aromatic rings. The SMILES string of the molecule is CO[C@@H]1[C@H](OC(=O)NCCOC(C)(C)CCOC(C)(C)C)CCC2(CO2)[C@H]1[C@@]1(C)O[C@@H]1CC=C(C)C. The van der Waals surface area contributed by atoms with Gasteiger partial charge in [0.2, 0.25) is 0 Å². The second-order valence-corrected chi connectivity index (χ2v) is 12.6. The lowest BCUT2D eigenvalue weighted by atomic mass is 9.68. The molecule has 3 rings (SSSR count). The molecule has 1 saturated carbocycles. The summed E-state index contributed by atoms with van der Waals surface area (Å²) < 4.78 is 35.8. The average molecular weight is 512 g/mol. The van der Waals surface area contributed by atoms with E-state index in [9.17, 15) is 4.79 Å². The zero-order valence-corrected chi connectivity index (χ0v) is 23.9. The molecule has 3 fully saturated rings. The van der Waals surface area contributed by atoms with Gasteiger partial charge in [-0.1, -0.05) is 11.6 Å². The molecule has 8 nitrogen and oxygen atoms in total.